The Morgan fingerprint density at radius 3 is 1.97 bits per heavy atom. The molecule has 0 radical (unpaired) electrons. The fourth-order valence-corrected chi connectivity index (χ4v) is 3.42. The Morgan fingerprint density at radius 1 is 0.733 bits per heavy atom. The smallest absolute Gasteiger partial charge is 0.185 e. The molecule has 0 unspecified atom stereocenters. The molecule has 0 aromatic heterocycles. The number of ketones is 1. The van der Waals surface area contributed by atoms with Crippen molar-refractivity contribution in [2.75, 3.05) is 13.2 Å². The molecule has 0 fully saturated rings. The minimum absolute atomic E-state index is 0.00111. The van der Waals surface area contributed by atoms with Crippen LogP contribution in [-0.4, -0.2) is 24.1 Å². The molecule has 1 N–H and O–H groups in total. The van der Waals surface area contributed by atoms with Crippen molar-refractivity contribution in [1.29, 1.82) is 0 Å². The number of ether oxygens (including phenoxy) is 1. The van der Waals surface area contributed by atoms with Crippen LogP contribution in [0.25, 0.3) is 6.08 Å². The zero-order valence-electron chi connectivity index (χ0n) is 18.1. The molecule has 0 saturated heterocycles. The first-order chi connectivity index (χ1) is 14.8. The summed E-state index contributed by atoms with van der Waals surface area (Å²) in [7, 11) is 0. The molecule has 30 heavy (non-hydrogen) atoms. The highest BCUT2D eigenvalue weighted by molar-refractivity contribution is 6.06. The molecular formula is C27H36O3. The van der Waals surface area contributed by atoms with E-state index < -0.39 is 0 Å². The number of unbranched alkanes of at least 4 members (excludes halogenated alkanes) is 9. The molecule has 162 valence electrons. The zero-order chi connectivity index (χ0) is 21.3. The van der Waals surface area contributed by atoms with Gasteiger partial charge in [-0.2, -0.15) is 0 Å². The molecule has 3 heteroatoms. The van der Waals surface area contributed by atoms with Gasteiger partial charge in [-0.15, -0.1) is 0 Å². The van der Waals surface area contributed by atoms with Crippen LogP contribution in [0.3, 0.4) is 0 Å². The van der Waals surface area contributed by atoms with Crippen LogP contribution in [0.1, 0.15) is 80.1 Å². The Kier molecular flexibility index (Phi) is 12.3. The number of hydrogen-bond donors (Lipinski definition) is 1. The maximum Gasteiger partial charge on any atom is 0.185 e. The minimum Gasteiger partial charge on any atom is -0.493 e. The monoisotopic (exact) mass is 408 g/mol. The number of aliphatic hydroxyl groups is 1. The molecule has 0 saturated carbocycles. The summed E-state index contributed by atoms with van der Waals surface area (Å²) in [6, 6.07) is 17.2. The average molecular weight is 409 g/mol. The molecule has 0 amide bonds. The van der Waals surface area contributed by atoms with E-state index in [1.165, 1.54) is 44.9 Å². The molecule has 0 bridgehead atoms. The first-order valence-electron chi connectivity index (χ1n) is 11.4. The second kappa shape index (κ2) is 15.4. The molecule has 0 aliphatic heterocycles. The molecule has 0 aliphatic rings. The second-order valence-corrected chi connectivity index (χ2v) is 7.71. The summed E-state index contributed by atoms with van der Waals surface area (Å²) in [5.41, 5.74) is 1.63. The predicted octanol–water partition coefficient (Wildman–Crippen LogP) is 6.85. The predicted molar refractivity (Wildman–Crippen MR) is 125 cm³/mol. The maximum absolute atomic E-state index is 12.3. The first kappa shape index (κ1) is 23.9. The zero-order valence-corrected chi connectivity index (χ0v) is 18.1. The van der Waals surface area contributed by atoms with Gasteiger partial charge in [0.15, 0.2) is 5.78 Å². The molecule has 0 aliphatic carbocycles. The molecule has 0 heterocycles. The van der Waals surface area contributed by atoms with Crippen LogP contribution < -0.4 is 4.74 Å². The van der Waals surface area contributed by atoms with Gasteiger partial charge in [-0.3, -0.25) is 4.79 Å². The summed E-state index contributed by atoms with van der Waals surface area (Å²) in [6.07, 6.45) is 15.5. The lowest BCUT2D eigenvalue weighted by Gasteiger charge is -2.09. The Labute approximate surface area is 181 Å². The lowest BCUT2D eigenvalue weighted by atomic mass is 10.1. The quantitative estimate of drug-likeness (QED) is 0.188. The highest BCUT2D eigenvalue weighted by Gasteiger charge is 2.03. The summed E-state index contributed by atoms with van der Waals surface area (Å²) < 4.78 is 5.97. The van der Waals surface area contributed by atoms with E-state index >= 15 is 0 Å². The van der Waals surface area contributed by atoms with E-state index in [-0.39, 0.29) is 5.78 Å². The number of aliphatic hydroxyl groups excluding tert-OH is 1. The van der Waals surface area contributed by atoms with Gasteiger partial charge in [-0.05, 0) is 31.1 Å². The summed E-state index contributed by atoms with van der Waals surface area (Å²) >= 11 is 0. The fraction of sp³-hybridized carbons (Fsp3) is 0.444. The summed E-state index contributed by atoms with van der Waals surface area (Å²) in [5.74, 6) is 0.830. The summed E-state index contributed by atoms with van der Waals surface area (Å²) in [5, 5.41) is 8.76. The van der Waals surface area contributed by atoms with E-state index in [4.69, 9.17) is 9.84 Å². The molecule has 2 aromatic carbocycles. The van der Waals surface area contributed by atoms with Gasteiger partial charge in [0.05, 0.1) is 6.61 Å². The highest BCUT2D eigenvalue weighted by Crippen LogP contribution is 2.20. The van der Waals surface area contributed by atoms with Crippen LogP contribution in [0.2, 0.25) is 0 Å². The van der Waals surface area contributed by atoms with Crippen molar-refractivity contribution in [3.63, 3.8) is 0 Å². The molecule has 3 nitrogen and oxygen atoms in total. The van der Waals surface area contributed by atoms with E-state index in [9.17, 15) is 4.79 Å². The van der Waals surface area contributed by atoms with Crippen LogP contribution in [0.5, 0.6) is 5.75 Å². The van der Waals surface area contributed by atoms with Gasteiger partial charge in [0.2, 0.25) is 0 Å². The topological polar surface area (TPSA) is 46.5 Å². The number of rotatable bonds is 16. The molecule has 0 atom stereocenters. The van der Waals surface area contributed by atoms with Crippen LogP contribution >= 0.6 is 0 Å². The molecule has 2 aromatic rings. The van der Waals surface area contributed by atoms with Gasteiger partial charge >= 0.3 is 0 Å². The number of para-hydroxylation sites is 1. The summed E-state index contributed by atoms with van der Waals surface area (Å²) in [4.78, 5) is 12.3. The Morgan fingerprint density at radius 2 is 1.30 bits per heavy atom. The van der Waals surface area contributed by atoms with Gasteiger partial charge in [0, 0.05) is 17.7 Å². The van der Waals surface area contributed by atoms with Gasteiger partial charge in [-0.1, -0.05) is 99.9 Å². The van der Waals surface area contributed by atoms with Gasteiger partial charge in [0.1, 0.15) is 5.75 Å². The number of allylic oxidation sites excluding steroid dienone is 1. The molecule has 0 spiro atoms. The normalized spacial score (nSPS) is 11.1. The van der Waals surface area contributed by atoms with E-state index in [0.29, 0.717) is 18.8 Å². The Bertz CT molecular complexity index is 737. The van der Waals surface area contributed by atoms with E-state index in [1.807, 2.05) is 60.7 Å². The number of carbonyl (C=O) groups is 1. The third-order valence-electron chi connectivity index (χ3n) is 5.20. The van der Waals surface area contributed by atoms with Crippen LogP contribution in [0.15, 0.2) is 60.7 Å². The number of benzene rings is 2. The van der Waals surface area contributed by atoms with Crippen LogP contribution in [0, 0.1) is 0 Å². The SMILES string of the molecule is O=C(C=Cc1ccccc1OCCCCCCCCCCCCO)c1ccccc1. The van der Waals surface area contributed by atoms with Crippen molar-refractivity contribution in [3.8, 4) is 5.75 Å². The van der Waals surface area contributed by atoms with Crippen molar-refractivity contribution < 1.29 is 14.6 Å². The average Bonchev–Trinajstić information content (AvgIpc) is 2.79. The third kappa shape index (κ3) is 9.89. The van der Waals surface area contributed by atoms with Gasteiger partial charge in [-0.25, -0.2) is 0 Å². The largest absolute Gasteiger partial charge is 0.493 e. The number of carbonyl (C=O) groups excluding carboxylic acids is 1. The van der Waals surface area contributed by atoms with E-state index in [0.717, 1.165) is 30.6 Å². The van der Waals surface area contributed by atoms with Crippen LogP contribution in [-0.2, 0) is 0 Å². The number of hydrogen-bond acceptors (Lipinski definition) is 3. The lowest BCUT2D eigenvalue weighted by molar-refractivity contribution is 0.104. The van der Waals surface area contributed by atoms with Crippen molar-refractivity contribution in [2.45, 2.75) is 64.2 Å². The van der Waals surface area contributed by atoms with Gasteiger partial charge in [0.25, 0.3) is 0 Å². The minimum atomic E-state index is -0.00111. The molecular weight excluding hydrogens is 372 g/mol. The Balaban J connectivity index is 1.62. The first-order valence-corrected chi connectivity index (χ1v) is 11.4. The standard InChI is InChI=1S/C27H36O3/c28-22-14-7-5-3-1-2-4-6-8-15-23-30-27-19-13-12-18-25(27)20-21-26(29)24-16-10-9-11-17-24/h9-13,16-21,28H,1-8,14-15,22-23H2. The molecule has 2 rings (SSSR count). The van der Waals surface area contributed by atoms with Crippen molar-refractivity contribution >= 4 is 11.9 Å². The van der Waals surface area contributed by atoms with Crippen molar-refractivity contribution in [2.24, 2.45) is 0 Å². The maximum atomic E-state index is 12.3. The summed E-state index contributed by atoms with van der Waals surface area (Å²) in [6.45, 7) is 1.04. The lowest BCUT2D eigenvalue weighted by Crippen LogP contribution is -1.99. The Hall–Kier alpha value is -2.39. The van der Waals surface area contributed by atoms with Gasteiger partial charge < -0.3 is 9.84 Å². The van der Waals surface area contributed by atoms with Crippen molar-refractivity contribution in [1.82, 2.24) is 0 Å². The highest BCUT2D eigenvalue weighted by atomic mass is 16.5. The van der Waals surface area contributed by atoms with Crippen LogP contribution in [0.4, 0.5) is 0 Å². The fourth-order valence-electron chi connectivity index (χ4n) is 3.42. The van der Waals surface area contributed by atoms with E-state index in [2.05, 4.69) is 0 Å². The second-order valence-electron chi connectivity index (χ2n) is 7.71. The third-order valence-corrected chi connectivity index (χ3v) is 5.20. The van der Waals surface area contributed by atoms with E-state index in [1.54, 1.807) is 6.08 Å². The van der Waals surface area contributed by atoms with Crippen molar-refractivity contribution in [3.05, 3.63) is 71.8 Å².